The Labute approximate surface area is 232 Å². The molecule has 1 N–H and O–H groups in total. The number of imide groups is 1. The van der Waals surface area contributed by atoms with Gasteiger partial charge in [0.25, 0.3) is 11.8 Å². The van der Waals surface area contributed by atoms with Crippen LogP contribution in [0, 0.1) is 5.92 Å². The number of likely N-dealkylation sites (tertiary alicyclic amines) is 1. The van der Waals surface area contributed by atoms with Crippen LogP contribution >= 0.6 is 0 Å². The molecule has 4 amide bonds. The third-order valence-corrected chi connectivity index (χ3v) is 7.98. The average Bonchev–Trinajstić information content (AvgIpc) is 3.27. The first-order valence-corrected chi connectivity index (χ1v) is 13.6. The fraction of sp³-hybridized carbons (Fsp3) is 0.323. The predicted octanol–water partition coefficient (Wildman–Crippen LogP) is 2.71. The molecular weight excluding hydrogens is 506 g/mol. The number of hydrogen-bond donors (Lipinski definition) is 1. The number of nitrogens with zero attached hydrogens (tertiary/aromatic N) is 4. The minimum atomic E-state index is -0.626. The average molecular weight is 538 g/mol. The first kappa shape index (κ1) is 25.9. The van der Waals surface area contributed by atoms with Crippen molar-refractivity contribution in [3.63, 3.8) is 0 Å². The second-order valence-electron chi connectivity index (χ2n) is 10.9. The molecule has 0 saturated carbocycles. The lowest BCUT2D eigenvalue weighted by Gasteiger charge is -2.41. The molecule has 40 heavy (non-hydrogen) atoms. The molecule has 3 aliphatic heterocycles. The summed E-state index contributed by atoms with van der Waals surface area (Å²) >= 11 is 0. The van der Waals surface area contributed by atoms with E-state index in [0.29, 0.717) is 30.0 Å². The maximum absolute atomic E-state index is 13.0. The van der Waals surface area contributed by atoms with Crippen LogP contribution in [0.15, 0.2) is 66.9 Å². The Bertz CT molecular complexity index is 1480. The van der Waals surface area contributed by atoms with E-state index in [1.54, 1.807) is 11.0 Å². The van der Waals surface area contributed by atoms with Crippen LogP contribution in [0.3, 0.4) is 0 Å². The summed E-state index contributed by atoms with van der Waals surface area (Å²) in [6, 6.07) is 18.5. The third kappa shape index (κ3) is 5.12. The van der Waals surface area contributed by atoms with Crippen molar-refractivity contribution in [2.45, 2.75) is 32.0 Å². The van der Waals surface area contributed by atoms with E-state index in [-0.39, 0.29) is 24.1 Å². The first-order chi connectivity index (χ1) is 19.4. The summed E-state index contributed by atoms with van der Waals surface area (Å²) in [5, 5.41) is 2.34. The highest BCUT2D eigenvalue weighted by atomic mass is 16.2. The van der Waals surface area contributed by atoms with Crippen molar-refractivity contribution in [1.82, 2.24) is 25.0 Å². The van der Waals surface area contributed by atoms with Crippen molar-refractivity contribution in [3.05, 3.63) is 89.1 Å². The number of pyridine rings is 1. The SMILES string of the molecule is CN(CC1CN(Cc2ccnc(-c3ccc4c(c3)CN(C3CCC(=O)NC3=O)C4=O)c2)C1)C(=O)c1ccccc1. The van der Waals surface area contributed by atoms with Crippen molar-refractivity contribution in [2.24, 2.45) is 5.92 Å². The van der Waals surface area contributed by atoms with E-state index in [4.69, 9.17) is 0 Å². The van der Waals surface area contributed by atoms with E-state index < -0.39 is 11.9 Å². The van der Waals surface area contributed by atoms with Crippen molar-refractivity contribution in [3.8, 4) is 11.3 Å². The molecule has 3 aliphatic rings. The molecule has 1 unspecified atom stereocenters. The van der Waals surface area contributed by atoms with Crippen LogP contribution in [0.4, 0.5) is 0 Å². The molecule has 0 bridgehead atoms. The van der Waals surface area contributed by atoms with Crippen molar-refractivity contribution in [1.29, 1.82) is 0 Å². The number of fused-ring (bicyclic) bond motifs is 1. The van der Waals surface area contributed by atoms with Gasteiger partial charge in [0.05, 0.1) is 5.69 Å². The molecule has 4 heterocycles. The summed E-state index contributed by atoms with van der Waals surface area (Å²) in [4.78, 5) is 59.8. The van der Waals surface area contributed by atoms with Crippen molar-refractivity contribution < 1.29 is 19.2 Å². The number of carbonyl (C=O) groups excluding carboxylic acids is 4. The van der Waals surface area contributed by atoms with Gasteiger partial charge in [0.15, 0.2) is 0 Å². The van der Waals surface area contributed by atoms with Crippen LogP contribution in [0.25, 0.3) is 11.3 Å². The van der Waals surface area contributed by atoms with E-state index in [0.717, 1.165) is 48.6 Å². The molecule has 0 spiro atoms. The summed E-state index contributed by atoms with van der Waals surface area (Å²) in [5.74, 6) is -0.386. The van der Waals surface area contributed by atoms with Gasteiger partial charge in [-0.2, -0.15) is 0 Å². The van der Waals surface area contributed by atoms with Gasteiger partial charge in [-0.25, -0.2) is 0 Å². The summed E-state index contributed by atoms with van der Waals surface area (Å²) < 4.78 is 0. The smallest absolute Gasteiger partial charge is 0.255 e. The maximum Gasteiger partial charge on any atom is 0.255 e. The van der Waals surface area contributed by atoms with Crippen LogP contribution in [0.2, 0.25) is 0 Å². The minimum Gasteiger partial charge on any atom is -0.341 e. The Balaban J connectivity index is 1.06. The first-order valence-electron chi connectivity index (χ1n) is 13.6. The van der Waals surface area contributed by atoms with Gasteiger partial charge in [-0.15, -0.1) is 0 Å². The zero-order chi connectivity index (χ0) is 27.8. The Hall–Kier alpha value is -4.37. The van der Waals surface area contributed by atoms with Crippen LogP contribution in [0.5, 0.6) is 0 Å². The van der Waals surface area contributed by atoms with Gasteiger partial charge in [-0.3, -0.25) is 34.4 Å². The van der Waals surface area contributed by atoms with E-state index in [2.05, 4.69) is 21.3 Å². The van der Waals surface area contributed by atoms with E-state index in [1.165, 1.54) is 0 Å². The maximum atomic E-state index is 13.0. The highest BCUT2D eigenvalue weighted by Crippen LogP contribution is 2.31. The fourth-order valence-electron chi connectivity index (χ4n) is 5.92. The number of hydrogen-bond acceptors (Lipinski definition) is 6. The van der Waals surface area contributed by atoms with Gasteiger partial charge in [0, 0.05) is 75.0 Å². The summed E-state index contributed by atoms with van der Waals surface area (Å²) in [6.07, 6.45) is 2.39. The van der Waals surface area contributed by atoms with Crippen molar-refractivity contribution >= 4 is 23.6 Å². The van der Waals surface area contributed by atoms with Crippen LogP contribution < -0.4 is 5.32 Å². The number of rotatable bonds is 7. The van der Waals surface area contributed by atoms with Gasteiger partial charge < -0.3 is 9.80 Å². The third-order valence-electron chi connectivity index (χ3n) is 7.98. The molecule has 9 nitrogen and oxygen atoms in total. The number of amides is 4. The summed E-state index contributed by atoms with van der Waals surface area (Å²) in [6.45, 7) is 3.73. The fourth-order valence-corrected chi connectivity index (χ4v) is 5.92. The molecule has 204 valence electrons. The predicted molar refractivity (Wildman–Crippen MR) is 148 cm³/mol. The molecule has 2 aromatic carbocycles. The van der Waals surface area contributed by atoms with Crippen LogP contribution in [-0.4, -0.2) is 76.0 Å². The highest BCUT2D eigenvalue weighted by Gasteiger charge is 2.39. The standard InChI is InChI=1S/C31H31N5O4/c1-34(30(39)22-5-3-2-4-6-22)15-21-17-35(18-21)16-20-11-12-32-26(13-20)23-7-8-25-24(14-23)19-36(31(25)40)27-9-10-28(37)33-29(27)38/h2-8,11-14,21,27H,9-10,15-19H2,1H3,(H,33,37,38). The van der Waals surface area contributed by atoms with Gasteiger partial charge in [-0.1, -0.05) is 24.3 Å². The minimum absolute atomic E-state index is 0.0501. The number of aromatic nitrogens is 1. The second kappa shape index (κ2) is 10.7. The Morgan fingerprint density at radius 2 is 1.85 bits per heavy atom. The quantitative estimate of drug-likeness (QED) is 0.465. The Morgan fingerprint density at radius 1 is 1.05 bits per heavy atom. The topological polar surface area (TPSA) is 103 Å². The normalized spacial score (nSPS) is 19.3. The molecular formula is C31H31N5O4. The molecule has 6 rings (SSSR count). The van der Waals surface area contributed by atoms with Gasteiger partial charge in [0.2, 0.25) is 11.8 Å². The van der Waals surface area contributed by atoms with Gasteiger partial charge >= 0.3 is 0 Å². The summed E-state index contributed by atoms with van der Waals surface area (Å²) in [5.41, 5.74) is 5.06. The molecule has 1 aromatic heterocycles. The second-order valence-corrected chi connectivity index (χ2v) is 10.9. The molecule has 1 atom stereocenters. The zero-order valence-corrected chi connectivity index (χ0v) is 22.4. The lowest BCUT2D eigenvalue weighted by Crippen LogP contribution is -2.52. The lowest BCUT2D eigenvalue weighted by atomic mass is 9.98. The largest absolute Gasteiger partial charge is 0.341 e. The molecule has 0 aliphatic carbocycles. The Kier molecular flexibility index (Phi) is 6.89. The number of carbonyl (C=O) groups is 4. The van der Waals surface area contributed by atoms with Gasteiger partial charge in [0.1, 0.15) is 6.04 Å². The van der Waals surface area contributed by atoms with E-state index in [9.17, 15) is 19.2 Å². The molecule has 0 radical (unpaired) electrons. The van der Waals surface area contributed by atoms with E-state index in [1.807, 2.05) is 66.7 Å². The lowest BCUT2D eigenvalue weighted by molar-refractivity contribution is -0.136. The van der Waals surface area contributed by atoms with Gasteiger partial charge in [-0.05, 0) is 53.9 Å². The molecule has 2 fully saturated rings. The summed E-state index contributed by atoms with van der Waals surface area (Å²) in [7, 11) is 1.86. The number of benzene rings is 2. The van der Waals surface area contributed by atoms with Crippen molar-refractivity contribution in [2.75, 3.05) is 26.7 Å². The molecule has 2 saturated heterocycles. The molecule has 3 aromatic rings. The highest BCUT2D eigenvalue weighted by molar-refractivity contribution is 6.05. The van der Waals surface area contributed by atoms with E-state index >= 15 is 0 Å². The van der Waals surface area contributed by atoms with Crippen LogP contribution in [-0.2, 0) is 22.7 Å². The Morgan fingerprint density at radius 3 is 2.62 bits per heavy atom. The molecule has 9 heteroatoms. The zero-order valence-electron chi connectivity index (χ0n) is 22.4. The number of nitrogens with one attached hydrogen (secondary N) is 1. The number of piperidine rings is 1. The van der Waals surface area contributed by atoms with Crippen LogP contribution in [0.1, 0.15) is 44.7 Å². The monoisotopic (exact) mass is 537 g/mol.